The summed E-state index contributed by atoms with van der Waals surface area (Å²) in [7, 11) is 1.44. The van der Waals surface area contributed by atoms with Gasteiger partial charge in [-0.25, -0.2) is 8.42 Å². The Hall–Kier alpha value is -1.07. The van der Waals surface area contributed by atoms with Crippen molar-refractivity contribution in [3.05, 3.63) is 29.8 Å². The van der Waals surface area contributed by atoms with Crippen molar-refractivity contribution in [3.8, 4) is 0 Å². The van der Waals surface area contributed by atoms with Crippen LogP contribution in [-0.2, 0) is 25.2 Å². The van der Waals surface area contributed by atoms with Gasteiger partial charge in [0, 0.05) is 17.6 Å². The van der Waals surface area contributed by atoms with Crippen molar-refractivity contribution in [1.82, 2.24) is 0 Å². The zero-order valence-electron chi connectivity index (χ0n) is 7.94. The predicted molar refractivity (Wildman–Crippen MR) is 55.0 cm³/mol. The highest BCUT2D eigenvalue weighted by molar-refractivity contribution is 8.13. The number of esters is 1. The molecule has 4 nitrogen and oxygen atoms in total. The zero-order valence-corrected chi connectivity index (χ0v) is 9.51. The monoisotopic (exact) mass is 248 g/mol. The Bertz CT molecular complexity index is 450. The molecule has 0 spiro atoms. The number of hydrogen-bond acceptors (Lipinski definition) is 4. The molecule has 0 aliphatic rings. The van der Waals surface area contributed by atoms with Gasteiger partial charge in [-0.2, -0.15) is 0 Å². The van der Waals surface area contributed by atoms with Crippen LogP contribution < -0.4 is 0 Å². The van der Waals surface area contributed by atoms with E-state index < -0.39 is 9.05 Å². The Balaban J connectivity index is 2.77. The summed E-state index contributed by atoms with van der Waals surface area (Å²) in [5, 5.41) is 0. The molecule has 0 N–H and O–H groups in total. The van der Waals surface area contributed by atoms with Crippen molar-refractivity contribution < 1.29 is 17.9 Å². The Morgan fingerprint density at radius 3 is 2.27 bits per heavy atom. The van der Waals surface area contributed by atoms with Gasteiger partial charge in [-0.05, 0) is 17.7 Å². The lowest BCUT2D eigenvalue weighted by Gasteiger charge is -2.02. The summed E-state index contributed by atoms with van der Waals surface area (Å²) in [5.41, 5.74) is 0.703. The molecule has 1 rings (SSSR count). The van der Waals surface area contributed by atoms with Crippen LogP contribution in [-0.4, -0.2) is 14.4 Å². The third kappa shape index (κ3) is 3.89. The minimum atomic E-state index is -3.69. The summed E-state index contributed by atoms with van der Waals surface area (Å²) in [6.07, 6.45) is 0. The van der Waals surface area contributed by atoms with E-state index in [0.29, 0.717) is 5.56 Å². The molecule has 0 aromatic heterocycles. The number of hydrogen-bond donors (Lipinski definition) is 0. The minimum Gasteiger partial charge on any atom is -0.461 e. The first-order valence-corrected chi connectivity index (χ1v) is 6.37. The molecule has 0 unspecified atom stereocenters. The summed E-state index contributed by atoms with van der Waals surface area (Å²) in [4.78, 5) is 10.5. The Morgan fingerprint density at radius 2 is 1.87 bits per heavy atom. The molecule has 1 aromatic rings. The van der Waals surface area contributed by atoms with Crippen LogP contribution >= 0.6 is 10.7 Å². The fourth-order valence-electron chi connectivity index (χ4n) is 0.933. The summed E-state index contributed by atoms with van der Waals surface area (Å²) in [6.45, 7) is 1.43. The average Bonchev–Trinajstić information content (AvgIpc) is 2.14. The van der Waals surface area contributed by atoms with Crippen LogP contribution in [0.5, 0.6) is 0 Å². The summed E-state index contributed by atoms with van der Waals surface area (Å²) >= 11 is 0. The molecular weight excluding hydrogens is 240 g/mol. The highest BCUT2D eigenvalue weighted by atomic mass is 35.7. The first-order valence-electron chi connectivity index (χ1n) is 4.06. The van der Waals surface area contributed by atoms with E-state index in [1.54, 1.807) is 0 Å². The molecule has 0 atom stereocenters. The summed E-state index contributed by atoms with van der Waals surface area (Å²) < 4.78 is 26.5. The highest BCUT2D eigenvalue weighted by Gasteiger charge is 2.08. The van der Waals surface area contributed by atoms with Gasteiger partial charge in [0.15, 0.2) is 0 Å². The molecule has 0 saturated heterocycles. The van der Waals surface area contributed by atoms with Gasteiger partial charge in [0.25, 0.3) is 9.05 Å². The predicted octanol–water partition coefficient (Wildman–Crippen LogP) is 1.68. The van der Waals surface area contributed by atoms with E-state index >= 15 is 0 Å². The van der Waals surface area contributed by atoms with Crippen molar-refractivity contribution in [1.29, 1.82) is 0 Å². The molecule has 0 aliphatic carbocycles. The van der Waals surface area contributed by atoms with Crippen molar-refractivity contribution >= 4 is 25.7 Å². The lowest BCUT2D eigenvalue weighted by Crippen LogP contribution is -1.99. The van der Waals surface area contributed by atoms with Gasteiger partial charge < -0.3 is 4.74 Å². The number of carbonyl (C=O) groups excluding carboxylic acids is 1. The summed E-state index contributed by atoms with van der Waals surface area (Å²) in [5.74, 6) is -0.385. The second kappa shape index (κ2) is 4.63. The van der Waals surface area contributed by atoms with Crippen LogP contribution in [0.25, 0.3) is 0 Å². The molecule has 6 heteroatoms. The van der Waals surface area contributed by atoms with E-state index in [9.17, 15) is 13.2 Å². The normalized spacial score (nSPS) is 11.1. The van der Waals surface area contributed by atoms with Crippen molar-refractivity contribution in [3.63, 3.8) is 0 Å². The van der Waals surface area contributed by atoms with Gasteiger partial charge in [0.2, 0.25) is 0 Å². The van der Waals surface area contributed by atoms with Crippen LogP contribution in [0.2, 0.25) is 0 Å². The molecule has 0 bridgehead atoms. The van der Waals surface area contributed by atoms with Crippen LogP contribution in [0.4, 0.5) is 0 Å². The van der Waals surface area contributed by atoms with E-state index in [1.165, 1.54) is 31.2 Å². The molecule has 82 valence electrons. The molecule has 0 radical (unpaired) electrons. The third-order valence-corrected chi connectivity index (χ3v) is 3.02. The number of benzene rings is 1. The van der Waals surface area contributed by atoms with Gasteiger partial charge in [-0.3, -0.25) is 4.79 Å². The maximum absolute atomic E-state index is 10.9. The van der Waals surface area contributed by atoms with Crippen LogP contribution in [0.15, 0.2) is 29.2 Å². The van der Waals surface area contributed by atoms with E-state index in [2.05, 4.69) is 0 Å². The number of rotatable bonds is 3. The average molecular weight is 249 g/mol. The molecule has 1 aromatic carbocycles. The van der Waals surface area contributed by atoms with Gasteiger partial charge in [0.1, 0.15) is 6.61 Å². The molecule has 0 fully saturated rings. The second-order valence-electron chi connectivity index (χ2n) is 2.86. The Kier molecular flexibility index (Phi) is 3.71. The maximum atomic E-state index is 10.9. The Morgan fingerprint density at radius 1 is 1.33 bits per heavy atom. The molecule has 15 heavy (non-hydrogen) atoms. The zero-order chi connectivity index (χ0) is 11.5. The minimum absolute atomic E-state index is 0.0238. The van der Waals surface area contributed by atoms with Gasteiger partial charge in [-0.15, -0.1) is 0 Å². The number of halogens is 1. The van der Waals surface area contributed by atoms with Gasteiger partial charge >= 0.3 is 5.97 Å². The maximum Gasteiger partial charge on any atom is 0.302 e. The fraction of sp³-hybridized carbons (Fsp3) is 0.222. The van der Waals surface area contributed by atoms with Crippen LogP contribution in [0.1, 0.15) is 12.5 Å². The quantitative estimate of drug-likeness (QED) is 0.603. The molecular formula is C9H9ClO4S. The topological polar surface area (TPSA) is 60.4 Å². The highest BCUT2D eigenvalue weighted by Crippen LogP contribution is 2.15. The largest absolute Gasteiger partial charge is 0.461 e. The van der Waals surface area contributed by atoms with Crippen molar-refractivity contribution in [2.24, 2.45) is 0 Å². The second-order valence-corrected chi connectivity index (χ2v) is 5.43. The van der Waals surface area contributed by atoms with Gasteiger partial charge in [-0.1, -0.05) is 12.1 Å². The van der Waals surface area contributed by atoms with E-state index in [4.69, 9.17) is 15.4 Å². The molecule has 0 saturated carbocycles. The third-order valence-electron chi connectivity index (χ3n) is 1.65. The molecule has 0 amide bonds. The first kappa shape index (κ1) is 12.0. The lowest BCUT2D eigenvalue weighted by atomic mass is 10.2. The first-order chi connectivity index (χ1) is 6.89. The van der Waals surface area contributed by atoms with E-state index in [1.807, 2.05) is 0 Å². The SMILES string of the molecule is CC(=O)OCc1ccc(S(=O)(=O)Cl)cc1. The van der Waals surface area contributed by atoms with E-state index in [-0.39, 0.29) is 17.5 Å². The number of carbonyl (C=O) groups is 1. The smallest absolute Gasteiger partial charge is 0.302 e. The van der Waals surface area contributed by atoms with Crippen LogP contribution in [0.3, 0.4) is 0 Å². The molecule has 0 aliphatic heterocycles. The van der Waals surface area contributed by atoms with Crippen LogP contribution in [0, 0.1) is 0 Å². The van der Waals surface area contributed by atoms with Crippen molar-refractivity contribution in [2.75, 3.05) is 0 Å². The van der Waals surface area contributed by atoms with Gasteiger partial charge in [0.05, 0.1) is 4.90 Å². The molecule has 0 heterocycles. The van der Waals surface area contributed by atoms with Crippen molar-refractivity contribution in [2.45, 2.75) is 18.4 Å². The standard InChI is InChI=1S/C9H9ClO4S/c1-7(11)14-6-8-2-4-9(5-3-8)15(10,12)13/h2-5H,6H2,1H3. The number of ether oxygens (including phenoxy) is 1. The van der Waals surface area contributed by atoms with E-state index in [0.717, 1.165) is 0 Å². The Labute approximate surface area is 92.2 Å². The summed E-state index contributed by atoms with van der Waals surface area (Å²) in [6, 6.07) is 5.80. The lowest BCUT2D eigenvalue weighted by molar-refractivity contribution is -0.142. The fourth-order valence-corrected chi connectivity index (χ4v) is 1.70.